The highest BCUT2D eigenvalue weighted by atomic mass is 16.7. The van der Waals surface area contributed by atoms with Gasteiger partial charge >= 0.3 is 0 Å². The van der Waals surface area contributed by atoms with Gasteiger partial charge in [0.2, 0.25) is 6.79 Å². The normalized spacial score (nSPS) is 14.9. The van der Waals surface area contributed by atoms with Crippen molar-refractivity contribution in [1.29, 1.82) is 0 Å². The lowest BCUT2D eigenvalue weighted by Gasteiger charge is -2.13. The highest BCUT2D eigenvalue weighted by molar-refractivity contribution is 5.60. The van der Waals surface area contributed by atoms with Crippen molar-refractivity contribution in [3.63, 3.8) is 0 Å². The van der Waals surface area contributed by atoms with E-state index >= 15 is 0 Å². The molecular formula is C11H15NO4. The zero-order valence-electron chi connectivity index (χ0n) is 9.06. The second-order valence-electron chi connectivity index (χ2n) is 3.74. The maximum Gasteiger partial charge on any atom is 0.231 e. The number of benzene rings is 1. The second kappa shape index (κ2) is 4.59. The molecule has 16 heavy (non-hydrogen) atoms. The summed E-state index contributed by atoms with van der Waals surface area (Å²) in [6.45, 7) is 2.24. The van der Waals surface area contributed by atoms with Crippen molar-refractivity contribution >= 4 is 5.69 Å². The molecule has 0 radical (unpaired) electrons. The van der Waals surface area contributed by atoms with Crippen LogP contribution in [0.25, 0.3) is 0 Å². The molecule has 0 fully saturated rings. The van der Waals surface area contributed by atoms with Gasteiger partial charge in [0.15, 0.2) is 11.5 Å². The van der Waals surface area contributed by atoms with Gasteiger partial charge in [0.05, 0.1) is 12.7 Å². The van der Waals surface area contributed by atoms with Gasteiger partial charge in [0.25, 0.3) is 0 Å². The minimum Gasteiger partial charge on any atom is -0.454 e. The summed E-state index contributed by atoms with van der Waals surface area (Å²) < 4.78 is 10.5. The topological polar surface area (TPSA) is 71.0 Å². The summed E-state index contributed by atoms with van der Waals surface area (Å²) in [6, 6.07) is 3.72. The molecule has 1 aromatic carbocycles. The minimum atomic E-state index is -0.759. The third kappa shape index (κ3) is 2.20. The average molecular weight is 225 g/mol. The molecule has 2 rings (SSSR count). The fourth-order valence-corrected chi connectivity index (χ4v) is 1.53. The van der Waals surface area contributed by atoms with Crippen LogP contribution in [0.4, 0.5) is 5.69 Å². The largest absolute Gasteiger partial charge is 0.454 e. The Morgan fingerprint density at radius 2 is 2.06 bits per heavy atom. The summed E-state index contributed by atoms with van der Waals surface area (Å²) in [7, 11) is 0. The Labute approximate surface area is 93.6 Å². The Morgan fingerprint density at radius 3 is 2.75 bits per heavy atom. The van der Waals surface area contributed by atoms with Gasteiger partial charge in [0.1, 0.15) is 0 Å². The van der Waals surface area contributed by atoms with Crippen molar-refractivity contribution in [2.24, 2.45) is 0 Å². The Kier molecular flexibility index (Phi) is 3.17. The molecule has 5 nitrogen and oxygen atoms in total. The Balaban J connectivity index is 2.09. The molecule has 0 saturated carbocycles. The van der Waals surface area contributed by atoms with Crippen LogP contribution in [-0.2, 0) is 0 Å². The average Bonchev–Trinajstić information content (AvgIpc) is 2.72. The van der Waals surface area contributed by atoms with Crippen LogP contribution in [0, 0.1) is 6.92 Å². The number of anilines is 1. The van der Waals surface area contributed by atoms with Gasteiger partial charge in [-0.2, -0.15) is 0 Å². The van der Waals surface area contributed by atoms with Gasteiger partial charge in [-0.15, -0.1) is 0 Å². The predicted molar refractivity (Wildman–Crippen MR) is 58.9 cm³/mol. The molecule has 1 atom stereocenters. The van der Waals surface area contributed by atoms with E-state index in [1.807, 2.05) is 19.1 Å². The molecule has 88 valence electrons. The van der Waals surface area contributed by atoms with E-state index in [1.54, 1.807) is 0 Å². The molecule has 0 saturated heterocycles. The summed E-state index contributed by atoms with van der Waals surface area (Å²) in [5, 5.41) is 21.0. The molecule has 0 amide bonds. The number of rotatable bonds is 4. The van der Waals surface area contributed by atoms with Gasteiger partial charge in [0, 0.05) is 18.3 Å². The molecule has 0 spiro atoms. The Bertz CT molecular complexity index is 380. The first-order valence-corrected chi connectivity index (χ1v) is 5.13. The Morgan fingerprint density at radius 1 is 1.38 bits per heavy atom. The fraction of sp³-hybridized carbons (Fsp3) is 0.455. The van der Waals surface area contributed by atoms with Gasteiger partial charge < -0.3 is 25.0 Å². The van der Waals surface area contributed by atoms with Crippen molar-refractivity contribution in [2.45, 2.75) is 13.0 Å². The van der Waals surface area contributed by atoms with E-state index in [0.29, 0.717) is 12.3 Å². The Hall–Kier alpha value is -1.46. The SMILES string of the molecule is Cc1cc2c(cc1NCC(O)CO)OCO2. The van der Waals surface area contributed by atoms with E-state index in [-0.39, 0.29) is 13.4 Å². The number of hydrogen-bond acceptors (Lipinski definition) is 5. The van der Waals surface area contributed by atoms with Crippen LogP contribution in [0.3, 0.4) is 0 Å². The quantitative estimate of drug-likeness (QED) is 0.695. The molecule has 0 aromatic heterocycles. The molecular weight excluding hydrogens is 210 g/mol. The van der Waals surface area contributed by atoms with Gasteiger partial charge in [-0.1, -0.05) is 0 Å². The minimum absolute atomic E-state index is 0.248. The maximum atomic E-state index is 9.24. The summed E-state index contributed by atoms with van der Waals surface area (Å²) in [4.78, 5) is 0. The zero-order valence-corrected chi connectivity index (χ0v) is 9.06. The standard InChI is InChI=1S/C11H15NO4/c1-7-2-10-11(16-6-15-10)3-9(7)12-4-8(14)5-13/h2-3,8,12-14H,4-6H2,1H3. The van der Waals surface area contributed by atoms with E-state index in [0.717, 1.165) is 17.0 Å². The van der Waals surface area contributed by atoms with Gasteiger partial charge in [-0.05, 0) is 18.6 Å². The maximum absolute atomic E-state index is 9.24. The van der Waals surface area contributed by atoms with Crippen LogP contribution in [0.5, 0.6) is 11.5 Å². The van der Waals surface area contributed by atoms with E-state index in [4.69, 9.17) is 14.6 Å². The first-order valence-electron chi connectivity index (χ1n) is 5.13. The summed E-state index contributed by atoms with van der Waals surface area (Å²) in [5.74, 6) is 1.44. The van der Waals surface area contributed by atoms with E-state index in [1.165, 1.54) is 0 Å². The number of hydrogen-bond donors (Lipinski definition) is 3. The van der Waals surface area contributed by atoms with Crippen LogP contribution in [0.2, 0.25) is 0 Å². The van der Waals surface area contributed by atoms with Crippen LogP contribution in [-0.4, -0.2) is 36.3 Å². The first-order chi connectivity index (χ1) is 7.70. The fourth-order valence-electron chi connectivity index (χ4n) is 1.53. The summed E-state index contributed by atoms with van der Waals surface area (Å²) >= 11 is 0. The molecule has 3 N–H and O–H groups in total. The second-order valence-corrected chi connectivity index (χ2v) is 3.74. The molecule has 1 unspecified atom stereocenters. The molecule has 1 aromatic rings. The zero-order chi connectivity index (χ0) is 11.5. The molecule has 0 bridgehead atoms. The van der Waals surface area contributed by atoms with Crippen LogP contribution >= 0.6 is 0 Å². The van der Waals surface area contributed by atoms with Crippen LogP contribution in [0.1, 0.15) is 5.56 Å². The van der Waals surface area contributed by atoms with Crippen molar-refractivity contribution in [3.05, 3.63) is 17.7 Å². The number of aryl methyl sites for hydroxylation is 1. The number of fused-ring (bicyclic) bond motifs is 1. The predicted octanol–water partition coefficient (Wildman–Crippen LogP) is 0.489. The van der Waals surface area contributed by atoms with Gasteiger partial charge in [-0.3, -0.25) is 0 Å². The lowest BCUT2D eigenvalue weighted by atomic mass is 10.1. The van der Waals surface area contributed by atoms with Crippen molar-refractivity contribution < 1.29 is 19.7 Å². The molecule has 5 heteroatoms. The van der Waals surface area contributed by atoms with Crippen molar-refractivity contribution in [2.75, 3.05) is 25.3 Å². The monoisotopic (exact) mass is 225 g/mol. The van der Waals surface area contributed by atoms with Gasteiger partial charge in [-0.25, -0.2) is 0 Å². The number of aliphatic hydroxyl groups is 2. The third-order valence-electron chi connectivity index (χ3n) is 2.46. The van der Waals surface area contributed by atoms with Crippen molar-refractivity contribution in [3.8, 4) is 11.5 Å². The van der Waals surface area contributed by atoms with Crippen LogP contribution in [0.15, 0.2) is 12.1 Å². The smallest absolute Gasteiger partial charge is 0.231 e. The van der Waals surface area contributed by atoms with E-state index in [9.17, 15) is 5.11 Å². The molecule has 1 aliphatic heterocycles. The highest BCUT2D eigenvalue weighted by Crippen LogP contribution is 2.36. The highest BCUT2D eigenvalue weighted by Gasteiger charge is 2.15. The molecule has 1 heterocycles. The van der Waals surface area contributed by atoms with E-state index < -0.39 is 6.10 Å². The van der Waals surface area contributed by atoms with Crippen LogP contribution < -0.4 is 14.8 Å². The summed E-state index contributed by atoms with van der Waals surface area (Å²) in [6.07, 6.45) is -0.759. The summed E-state index contributed by atoms with van der Waals surface area (Å²) in [5.41, 5.74) is 1.88. The van der Waals surface area contributed by atoms with E-state index in [2.05, 4.69) is 5.32 Å². The molecule has 1 aliphatic rings. The lowest BCUT2D eigenvalue weighted by molar-refractivity contribution is 0.105. The molecule has 0 aliphatic carbocycles. The lowest BCUT2D eigenvalue weighted by Crippen LogP contribution is -2.23. The number of ether oxygens (including phenoxy) is 2. The number of aliphatic hydroxyl groups excluding tert-OH is 2. The first kappa shape index (κ1) is 11.0. The van der Waals surface area contributed by atoms with Crippen molar-refractivity contribution in [1.82, 2.24) is 0 Å². The number of nitrogens with one attached hydrogen (secondary N) is 1. The third-order valence-corrected chi connectivity index (χ3v) is 2.46.